The fourth-order valence-electron chi connectivity index (χ4n) is 6.87. The Morgan fingerprint density at radius 2 is 1.41 bits per heavy atom. The van der Waals surface area contributed by atoms with Gasteiger partial charge in [0.05, 0.1) is 27.7 Å². The maximum Gasteiger partial charge on any atom is 0.0838 e. The number of hydrogen-bond donors (Lipinski definition) is 0. The molecule has 17 heavy (non-hydrogen) atoms. The van der Waals surface area contributed by atoms with E-state index in [0.29, 0.717) is 16.2 Å². The zero-order valence-electron chi connectivity index (χ0n) is 12.5. The maximum absolute atomic E-state index is 2.58. The molecule has 2 atom stereocenters. The monoisotopic (exact) mass is 236 g/mol. The van der Waals surface area contributed by atoms with E-state index in [0.717, 1.165) is 10.4 Å². The number of quaternary nitrogens is 1. The molecule has 4 rings (SSSR count). The fourth-order valence-corrected chi connectivity index (χ4v) is 6.87. The molecule has 0 radical (unpaired) electrons. The Balaban J connectivity index is 1.92. The topological polar surface area (TPSA) is 0 Å². The van der Waals surface area contributed by atoms with Crippen molar-refractivity contribution in [2.75, 3.05) is 27.7 Å². The number of hydrogen-bond acceptors (Lipinski definition) is 0. The molecule has 0 aromatic heterocycles. The van der Waals surface area contributed by atoms with Gasteiger partial charge in [-0.3, -0.25) is 0 Å². The second-order valence-corrected chi connectivity index (χ2v) is 9.58. The Hall–Kier alpha value is -0.0400. The molecule has 4 aliphatic rings. The lowest BCUT2D eigenvalue weighted by molar-refractivity contribution is -0.878. The molecule has 2 unspecified atom stereocenters. The Morgan fingerprint density at radius 3 is 1.82 bits per heavy atom. The summed E-state index contributed by atoms with van der Waals surface area (Å²) in [6.45, 7) is 6.56. The molecule has 98 valence electrons. The van der Waals surface area contributed by atoms with E-state index >= 15 is 0 Å². The van der Waals surface area contributed by atoms with Crippen molar-refractivity contribution < 1.29 is 4.48 Å². The van der Waals surface area contributed by atoms with E-state index in [4.69, 9.17) is 0 Å². The van der Waals surface area contributed by atoms with Crippen LogP contribution < -0.4 is 0 Å². The van der Waals surface area contributed by atoms with Crippen LogP contribution in [0.4, 0.5) is 0 Å². The first-order chi connectivity index (χ1) is 7.61. The van der Waals surface area contributed by atoms with Gasteiger partial charge in [-0.25, -0.2) is 0 Å². The average molecular weight is 236 g/mol. The van der Waals surface area contributed by atoms with Crippen molar-refractivity contribution in [1.82, 2.24) is 0 Å². The molecule has 0 amide bonds. The lowest BCUT2D eigenvalue weighted by Crippen LogP contribution is -2.59. The van der Waals surface area contributed by atoms with Crippen molar-refractivity contribution in [3.8, 4) is 0 Å². The molecule has 0 spiro atoms. The molecule has 0 aromatic carbocycles. The molecule has 4 aliphatic carbocycles. The van der Waals surface area contributed by atoms with Crippen molar-refractivity contribution in [3.63, 3.8) is 0 Å². The minimum Gasteiger partial charge on any atom is -0.330 e. The van der Waals surface area contributed by atoms with Crippen LogP contribution in [-0.2, 0) is 0 Å². The third-order valence-electron chi connectivity index (χ3n) is 5.55. The first kappa shape index (κ1) is 12.0. The Kier molecular flexibility index (Phi) is 2.19. The average Bonchev–Trinajstić information content (AvgIpc) is 1.88. The van der Waals surface area contributed by atoms with Crippen molar-refractivity contribution >= 4 is 0 Å². The van der Waals surface area contributed by atoms with Crippen molar-refractivity contribution in [2.24, 2.45) is 22.2 Å². The van der Waals surface area contributed by atoms with Crippen LogP contribution in [0.1, 0.15) is 52.4 Å². The van der Waals surface area contributed by atoms with Gasteiger partial charge in [0.1, 0.15) is 0 Å². The summed E-state index contributed by atoms with van der Waals surface area (Å²) < 4.78 is 1.15. The molecule has 1 heteroatoms. The number of rotatable bonds is 2. The predicted octanol–water partition coefficient (Wildman–Crippen LogP) is 3.69. The summed E-state index contributed by atoms with van der Waals surface area (Å²) in [5.41, 5.74) is 2.05. The molecule has 0 saturated heterocycles. The normalized spacial score (nSPS) is 53.1. The smallest absolute Gasteiger partial charge is 0.0838 e. The zero-order chi connectivity index (χ0) is 12.5. The minimum absolute atomic E-state index is 0.682. The molecule has 1 nitrogen and oxygen atoms in total. The van der Waals surface area contributed by atoms with E-state index in [9.17, 15) is 0 Å². The molecule has 4 saturated carbocycles. The molecule has 0 aliphatic heterocycles. The Labute approximate surface area is 107 Å². The van der Waals surface area contributed by atoms with Crippen LogP contribution in [-0.4, -0.2) is 32.2 Å². The fraction of sp³-hybridized carbons (Fsp3) is 1.00. The molecular formula is C16H30N+. The number of nitrogens with zero attached hydrogens (tertiary/aromatic N) is 1. The Bertz CT molecular complexity index is 314. The van der Waals surface area contributed by atoms with Gasteiger partial charge >= 0.3 is 0 Å². The van der Waals surface area contributed by atoms with Gasteiger partial charge in [0.15, 0.2) is 0 Å². The van der Waals surface area contributed by atoms with E-state index in [2.05, 4.69) is 35.0 Å². The van der Waals surface area contributed by atoms with Crippen LogP contribution in [0.25, 0.3) is 0 Å². The highest BCUT2D eigenvalue weighted by Crippen LogP contribution is 2.69. The van der Waals surface area contributed by atoms with Gasteiger partial charge in [0, 0.05) is 5.41 Å². The van der Waals surface area contributed by atoms with Crippen LogP contribution in [0.3, 0.4) is 0 Å². The second kappa shape index (κ2) is 3.10. The summed E-state index contributed by atoms with van der Waals surface area (Å²) in [6, 6.07) is 0. The van der Waals surface area contributed by atoms with E-state index in [-0.39, 0.29) is 0 Å². The summed E-state index contributed by atoms with van der Waals surface area (Å²) in [6.07, 6.45) is 9.13. The standard InChI is InChI=1S/C16H30N/c1-14-6-13-7-15(2,9-14)11-16(8-13,10-14)12-17(3,4)5/h13H,6-12H2,1-5H3/q+1. The molecule has 0 N–H and O–H groups in total. The molecule has 0 aromatic rings. The minimum atomic E-state index is 0.682. The molecule has 4 bridgehead atoms. The van der Waals surface area contributed by atoms with Crippen LogP contribution in [0.15, 0.2) is 0 Å². The second-order valence-electron chi connectivity index (χ2n) is 9.58. The van der Waals surface area contributed by atoms with Gasteiger partial charge in [-0.15, -0.1) is 0 Å². The Morgan fingerprint density at radius 1 is 0.882 bits per heavy atom. The van der Waals surface area contributed by atoms with E-state index < -0.39 is 0 Å². The van der Waals surface area contributed by atoms with E-state index in [1.807, 2.05) is 0 Å². The van der Waals surface area contributed by atoms with Crippen molar-refractivity contribution in [3.05, 3.63) is 0 Å². The van der Waals surface area contributed by atoms with Gasteiger partial charge in [-0.2, -0.15) is 0 Å². The highest BCUT2D eigenvalue weighted by atomic mass is 15.3. The van der Waals surface area contributed by atoms with Gasteiger partial charge in [0.25, 0.3) is 0 Å². The third kappa shape index (κ3) is 2.05. The predicted molar refractivity (Wildman–Crippen MR) is 72.7 cm³/mol. The van der Waals surface area contributed by atoms with E-state index in [1.54, 1.807) is 0 Å². The van der Waals surface area contributed by atoms with Crippen LogP contribution in [0, 0.1) is 22.2 Å². The molecule has 4 fully saturated rings. The summed E-state index contributed by atoms with van der Waals surface area (Å²) in [5, 5.41) is 0. The van der Waals surface area contributed by atoms with Crippen molar-refractivity contribution in [2.45, 2.75) is 52.4 Å². The van der Waals surface area contributed by atoms with Gasteiger partial charge in [-0.05, 0) is 55.3 Å². The quantitative estimate of drug-likeness (QED) is 0.642. The van der Waals surface area contributed by atoms with Crippen LogP contribution in [0.5, 0.6) is 0 Å². The third-order valence-corrected chi connectivity index (χ3v) is 5.55. The van der Waals surface area contributed by atoms with E-state index in [1.165, 1.54) is 45.1 Å². The summed E-state index contributed by atoms with van der Waals surface area (Å²) in [5.74, 6) is 1.05. The summed E-state index contributed by atoms with van der Waals surface area (Å²) in [7, 11) is 7.13. The first-order valence-electron chi connectivity index (χ1n) is 7.42. The maximum atomic E-state index is 2.58. The van der Waals surface area contributed by atoms with Crippen LogP contribution >= 0.6 is 0 Å². The van der Waals surface area contributed by atoms with Gasteiger partial charge in [0.2, 0.25) is 0 Å². The lowest BCUT2D eigenvalue weighted by Gasteiger charge is -2.65. The van der Waals surface area contributed by atoms with Gasteiger partial charge in [-0.1, -0.05) is 13.8 Å². The first-order valence-corrected chi connectivity index (χ1v) is 7.42. The summed E-state index contributed by atoms with van der Waals surface area (Å²) >= 11 is 0. The molecular weight excluding hydrogens is 206 g/mol. The van der Waals surface area contributed by atoms with Crippen molar-refractivity contribution in [1.29, 1.82) is 0 Å². The highest BCUT2D eigenvalue weighted by Gasteiger charge is 2.61. The largest absolute Gasteiger partial charge is 0.330 e. The highest BCUT2D eigenvalue weighted by molar-refractivity contribution is 5.10. The summed E-state index contributed by atoms with van der Waals surface area (Å²) in [4.78, 5) is 0. The van der Waals surface area contributed by atoms with Gasteiger partial charge < -0.3 is 4.48 Å². The lowest BCUT2D eigenvalue weighted by atomic mass is 9.40. The molecule has 0 heterocycles. The van der Waals surface area contributed by atoms with Crippen LogP contribution in [0.2, 0.25) is 0 Å². The zero-order valence-corrected chi connectivity index (χ0v) is 12.5. The SMILES string of the molecule is CC12CC3CC(C)(C1)CC(C[N+](C)(C)C)(C3)C2.